The molecule has 0 unspecified atom stereocenters. The normalized spacial score (nSPS) is 11.2. The highest BCUT2D eigenvalue weighted by atomic mass is 35.5. The van der Waals surface area contributed by atoms with Gasteiger partial charge >= 0.3 is 0 Å². The molecule has 0 radical (unpaired) electrons. The highest BCUT2D eigenvalue weighted by molar-refractivity contribution is 6.31. The first kappa shape index (κ1) is 10.4. The van der Waals surface area contributed by atoms with Crippen molar-refractivity contribution >= 4 is 22.5 Å². The number of fused-ring (bicyclic) bond motifs is 1. The summed E-state index contributed by atoms with van der Waals surface area (Å²) in [6.07, 6.45) is 2.04. The van der Waals surface area contributed by atoms with Crippen molar-refractivity contribution in [2.24, 2.45) is 7.05 Å². The summed E-state index contributed by atoms with van der Waals surface area (Å²) in [5.41, 5.74) is 2.10. The average molecular weight is 246 g/mol. The van der Waals surface area contributed by atoms with E-state index < -0.39 is 0 Å². The van der Waals surface area contributed by atoms with Crippen molar-refractivity contribution in [2.45, 2.75) is 6.92 Å². The fourth-order valence-electron chi connectivity index (χ4n) is 2.12. The van der Waals surface area contributed by atoms with E-state index in [2.05, 4.69) is 21.8 Å². The molecule has 0 bridgehead atoms. The lowest BCUT2D eigenvalue weighted by molar-refractivity contribution is 0.728. The van der Waals surface area contributed by atoms with Crippen molar-refractivity contribution in [3.8, 4) is 5.82 Å². The van der Waals surface area contributed by atoms with Gasteiger partial charge in [0.05, 0.1) is 11.2 Å². The minimum Gasteiger partial charge on any atom is -0.301 e. The third kappa shape index (κ3) is 1.63. The van der Waals surface area contributed by atoms with Crippen LogP contribution in [0.1, 0.15) is 5.69 Å². The fraction of sp³-hybridized carbons (Fsp3) is 0.154. The summed E-state index contributed by atoms with van der Waals surface area (Å²) >= 11 is 6.04. The van der Waals surface area contributed by atoms with Crippen LogP contribution in [-0.2, 0) is 7.05 Å². The molecule has 2 heterocycles. The van der Waals surface area contributed by atoms with Gasteiger partial charge in [-0.1, -0.05) is 17.7 Å². The Hall–Kier alpha value is -1.74. The lowest BCUT2D eigenvalue weighted by Gasteiger charge is -2.05. The Labute approximate surface area is 104 Å². The molecule has 86 valence electrons. The van der Waals surface area contributed by atoms with Crippen molar-refractivity contribution in [1.82, 2.24) is 14.3 Å². The molecule has 17 heavy (non-hydrogen) atoms. The molecule has 0 aliphatic heterocycles. The van der Waals surface area contributed by atoms with E-state index in [0.717, 1.165) is 22.1 Å². The third-order valence-electron chi connectivity index (χ3n) is 2.88. The summed E-state index contributed by atoms with van der Waals surface area (Å²) in [5, 5.41) is 6.28. The molecule has 0 N–H and O–H groups in total. The van der Waals surface area contributed by atoms with Crippen LogP contribution in [0.3, 0.4) is 0 Å². The Kier molecular flexibility index (Phi) is 2.23. The van der Waals surface area contributed by atoms with E-state index in [1.165, 1.54) is 5.39 Å². The van der Waals surface area contributed by atoms with Crippen LogP contribution in [0, 0.1) is 6.92 Å². The number of hydrogen-bond acceptors (Lipinski definition) is 1. The van der Waals surface area contributed by atoms with E-state index in [-0.39, 0.29) is 0 Å². The highest BCUT2D eigenvalue weighted by Gasteiger charge is 2.08. The molecule has 0 amide bonds. The molecule has 0 aliphatic rings. The third-order valence-corrected chi connectivity index (χ3v) is 3.11. The summed E-state index contributed by atoms with van der Waals surface area (Å²) in [6.45, 7) is 1.99. The maximum absolute atomic E-state index is 6.04. The van der Waals surface area contributed by atoms with E-state index in [9.17, 15) is 0 Å². The lowest BCUT2D eigenvalue weighted by Crippen LogP contribution is -2.01. The maximum atomic E-state index is 6.04. The molecule has 0 saturated heterocycles. The SMILES string of the molecule is Cc1cc(-n2ccc3ccc(Cl)cc32)n(C)n1. The molecule has 3 aromatic rings. The number of hydrogen-bond donors (Lipinski definition) is 0. The summed E-state index contributed by atoms with van der Waals surface area (Å²) in [7, 11) is 1.94. The molecular formula is C13H12ClN3. The number of halogens is 1. The van der Waals surface area contributed by atoms with Gasteiger partial charge in [0.1, 0.15) is 5.82 Å². The smallest absolute Gasteiger partial charge is 0.135 e. The molecular weight excluding hydrogens is 234 g/mol. The Morgan fingerprint density at radius 3 is 2.71 bits per heavy atom. The largest absolute Gasteiger partial charge is 0.301 e. The van der Waals surface area contributed by atoms with Gasteiger partial charge < -0.3 is 4.57 Å². The zero-order valence-corrected chi connectivity index (χ0v) is 10.4. The lowest BCUT2D eigenvalue weighted by atomic mass is 10.2. The van der Waals surface area contributed by atoms with Crippen LogP contribution in [-0.4, -0.2) is 14.3 Å². The summed E-state index contributed by atoms with van der Waals surface area (Å²) in [5.74, 6) is 1.04. The summed E-state index contributed by atoms with van der Waals surface area (Å²) < 4.78 is 3.97. The van der Waals surface area contributed by atoms with Gasteiger partial charge in [0.15, 0.2) is 0 Å². The molecule has 0 saturated carbocycles. The van der Waals surface area contributed by atoms with Crippen molar-refractivity contribution in [3.63, 3.8) is 0 Å². The molecule has 3 rings (SSSR count). The second-order valence-electron chi connectivity index (χ2n) is 4.16. The molecule has 0 spiro atoms. The van der Waals surface area contributed by atoms with E-state index in [1.54, 1.807) is 0 Å². The van der Waals surface area contributed by atoms with Crippen LogP contribution in [0.25, 0.3) is 16.7 Å². The molecule has 0 aliphatic carbocycles. The van der Waals surface area contributed by atoms with Crippen LogP contribution >= 0.6 is 11.6 Å². The molecule has 3 nitrogen and oxygen atoms in total. The predicted octanol–water partition coefficient (Wildman–Crippen LogP) is 3.33. The Morgan fingerprint density at radius 1 is 1.18 bits per heavy atom. The van der Waals surface area contributed by atoms with Crippen LogP contribution in [0.15, 0.2) is 36.5 Å². The number of aryl methyl sites for hydroxylation is 2. The van der Waals surface area contributed by atoms with Crippen molar-refractivity contribution < 1.29 is 0 Å². The minimum atomic E-state index is 0.747. The van der Waals surface area contributed by atoms with Crippen LogP contribution < -0.4 is 0 Å². The molecule has 1 aromatic carbocycles. The Morgan fingerprint density at radius 2 is 2.00 bits per heavy atom. The molecule has 0 fully saturated rings. The zero-order valence-electron chi connectivity index (χ0n) is 9.68. The maximum Gasteiger partial charge on any atom is 0.135 e. The molecule has 2 aromatic heterocycles. The van der Waals surface area contributed by atoms with Gasteiger partial charge in [-0.3, -0.25) is 4.68 Å². The van der Waals surface area contributed by atoms with E-state index in [4.69, 9.17) is 11.6 Å². The van der Waals surface area contributed by atoms with Crippen molar-refractivity contribution in [3.05, 3.63) is 47.2 Å². The van der Waals surface area contributed by atoms with Gasteiger partial charge in [-0.2, -0.15) is 5.10 Å². The van der Waals surface area contributed by atoms with Crippen LogP contribution in [0.2, 0.25) is 5.02 Å². The van der Waals surface area contributed by atoms with Gasteiger partial charge in [0.2, 0.25) is 0 Å². The van der Waals surface area contributed by atoms with E-state index in [1.807, 2.05) is 43.0 Å². The van der Waals surface area contributed by atoms with Gasteiger partial charge in [-0.05, 0) is 25.1 Å². The van der Waals surface area contributed by atoms with Crippen molar-refractivity contribution in [1.29, 1.82) is 0 Å². The van der Waals surface area contributed by atoms with Gasteiger partial charge in [0.25, 0.3) is 0 Å². The number of benzene rings is 1. The van der Waals surface area contributed by atoms with E-state index in [0.29, 0.717) is 0 Å². The van der Waals surface area contributed by atoms with Crippen LogP contribution in [0.4, 0.5) is 0 Å². The first-order chi connectivity index (χ1) is 8.15. The minimum absolute atomic E-state index is 0.747. The first-order valence-electron chi connectivity index (χ1n) is 5.43. The predicted molar refractivity (Wildman–Crippen MR) is 69.8 cm³/mol. The Bertz CT molecular complexity index is 694. The second kappa shape index (κ2) is 3.64. The summed E-state index contributed by atoms with van der Waals surface area (Å²) in [4.78, 5) is 0. The van der Waals surface area contributed by atoms with Gasteiger partial charge in [-0.15, -0.1) is 0 Å². The van der Waals surface area contributed by atoms with Gasteiger partial charge in [-0.25, -0.2) is 0 Å². The quantitative estimate of drug-likeness (QED) is 0.645. The monoisotopic (exact) mass is 245 g/mol. The second-order valence-corrected chi connectivity index (χ2v) is 4.59. The standard InChI is InChI=1S/C13H12ClN3/c1-9-7-13(16(2)15-9)17-6-5-10-3-4-11(14)8-12(10)17/h3-8H,1-2H3. The van der Waals surface area contributed by atoms with Crippen LogP contribution in [0.5, 0.6) is 0 Å². The molecule has 4 heteroatoms. The first-order valence-corrected chi connectivity index (χ1v) is 5.80. The zero-order chi connectivity index (χ0) is 12.0. The van der Waals surface area contributed by atoms with Crippen molar-refractivity contribution in [2.75, 3.05) is 0 Å². The van der Waals surface area contributed by atoms with E-state index >= 15 is 0 Å². The fourth-order valence-corrected chi connectivity index (χ4v) is 2.29. The topological polar surface area (TPSA) is 22.8 Å². The number of aromatic nitrogens is 3. The highest BCUT2D eigenvalue weighted by Crippen LogP contribution is 2.23. The Balaban J connectivity index is 2.30. The number of rotatable bonds is 1. The summed E-state index contributed by atoms with van der Waals surface area (Å²) in [6, 6.07) is 10.0. The molecule has 0 atom stereocenters. The number of nitrogens with zero attached hydrogens (tertiary/aromatic N) is 3. The average Bonchev–Trinajstić information content (AvgIpc) is 2.81. The van der Waals surface area contributed by atoms with Gasteiger partial charge in [0, 0.05) is 29.7 Å².